The molecule has 0 unspecified atom stereocenters. The molecule has 1 aliphatic carbocycles. The zero-order valence-electron chi connectivity index (χ0n) is 19.2. The lowest BCUT2D eigenvalue weighted by atomic mass is 9.88. The summed E-state index contributed by atoms with van der Waals surface area (Å²) in [4.78, 5) is 20.5. The third-order valence-electron chi connectivity index (χ3n) is 5.69. The van der Waals surface area contributed by atoms with E-state index in [9.17, 15) is 18.0 Å². The van der Waals surface area contributed by atoms with Crippen LogP contribution in [-0.2, 0) is 30.2 Å². The van der Waals surface area contributed by atoms with Crippen molar-refractivity contribution in [3.63, 3.8) is 0 Å². The van der Waals surface area contributed by atoms with E-state index in [1.807, 2.05) is 24.3 Å². The number of carbonyl (C=O) groups is 1. The van der Waals surface area contributed by atoms with Crippen LogP contribution in [0.15, 0.2) is 47.6 Å². The summed E-state index contributed by atoms with van der Waals surface area (Å²) in [5, 5.41) is 2.71. The Balaban J connectivity index is 1.42. The van der Waals surface area contributed by atoms with Crippen molar-refractivity contribution in [3.05, 3.63) is 64.8 Å². The summed E-state index contributed by atoms with van der Waals surface area (Å²) in [5.41, 5.74) is 2.07. The first kappa shape index (κ1) is 24.8. The SMILES string of the molecule is COc1ccc(CCNC(=O)CSc2nc3c(c(C(F)(F)F)n2)CCc2ccccc2-3)cc1OC. The lowest BCUT2D eigenvalue weighted by Gasteiger charge is -2.22. The molecule has 1 heterocycles. The molecule has 0 radical (unpaired) electrons. The van der Waals surface area contributed by atoms with Crippen LogP contribution >= 0.6 is 11.8 Å². The van der Waals surface area contributed by atoms with Crippen molar-refractivity contribution in [3.8, 4) is 22.8 Å². The fourth-order valence-corrected chi connectivity index (χ4v) is 4.69. The molecule has 1 aromatic heterocycles. The Morgan fingerprint density at radius 3 is 2.57 bits per heavy atom. The smallest absolute Gasteiger partial charge is 0.433 e. The Morgan fingerprint density at radius 2 is 1.83 bits per heavy atom. The molecule has 184 valence electrons. The highest BCUT2D eigenvalue weighted by Crippen LogP contribution is 2.40. The number of fused-ring (bicyclic) bond motifs is 3. The van der Waals surface area contributed by atoms with Crippen molar-refractivity contribution in [2.45, 2.75) is 30.6 Å². The fraction of sp³-hybridized carbons (Fsp3) is 0.320. The Morgan fingerprint density at radius 1 is 1.06 bits per heavy atom. The van der Waals surface area contributed by atoms with E-state index in [4.69, 9.17) is 9.47 Å². The van der Waals surface area contributed by atoms with Gasteiger partial charge in [0, 0.05) is 17.7 Å². The van der Waals surface area contributed by atoms with Crippen molar-refractivity contribution in [1.82, 2.24) is 15.3 Å². The molecular formula is C25H24F3N3O3S. The summed E-state index contributed by atoms with van der Waals surface area (Å²) >= 11 is 0.893. The number of ether oxygens (including phenoxy) is 2. The van der Waals surface area contributed by atoms with Crippen molar-refractivity contribution in [2.75, 3.05) is 26.5 Å². The number of carbonyl (C=O) groups excluding carboxylic acids is 1. The fourth-order valence-electron chi connectivity index (χ4n) is 4.01. The average molecular weight is 504 g/mol. The van der Waals surface area contributed by atoms with Gasteiger partial charge in [0.2, 0.25) is 5.91 Å². The predicted molar refractivity (Wildman–Crippen MR) is 127 cm³/mol. The first-order valence-electron chi connectivity index (χ1n) is 11.0. The van der Waals surface area contributed by atoms with Crippen LogP contribution in [0.5, 0.6) is 11.5 Å². The molecule has 35 heavy (non-hydrogen) atoms. The first-order chi connectivity index (χ1) is 16.8. The minimum atomic E-state index is -4.60. The summed E-state index contributed by atoms with van der Waals surface area (Å²) < 4.78 is 51.8. The number of nitrogens with zero attached hydrogens (tertiary/aromatic N) is 2. The molecule has 0 atom stereocenters. The number of halogens is 3. The second-order valence-electron chi connectivity index (χ2n) is 7.91. The van der Waals surface area contributed by atoms with Gasteiger partial charge in [0.05, 0.1) is 25.7 Å². The summed E-state index contributed by atoms with van der Waals surface area (Å²) in [6, 6.07) is 12.8. The number of rotatable bonds is 8. The standard InChI is InChI=1S/C25H24F3N3O3S/c1-33-19-10-7-15(13-20(19)34-2)11-12-29-21(32)14-35-24-30-22-17-6-4-3-5-16(17)8-9-18(22)23(31-24)25(26,27)28/h3-7,10,13H,8-9,11-12,14H2,1-2H3,(H,29,32). The predicted octanol–water partition coefficient (Wildman–Crippen LogP) is 4.73. The highest BCUT2D eigenvalue weighted by atomic mass is 32.2. The van der Waals surface area contributed by atoms with Gasteiger partial charge in [-0.1, -0.05) is 42.1 Å². The van der Waals surface area contributed by atoms with Crippen molar-refractivity contribution < 1.29 is 27.4 Å². The number of hydrogen-bond acceptors (Lipinski definition) is 6. The molecule has 10 heteroatoms. The summed E-state index contributed by atoms with van der Waals surface area (Å²) in [5.74, 6) is 0.802. The molecular weight excluding hydrogens is 479 g/mol. The number of aromatic nitrogens is 2. The monoisotopic (exact) mass is 503 g/mol. The number of nitrogens with one attached hydrogen (secondary N) is 1. The number of hydrogen-bond donors (Lipinski definition) is 1. The number of methoxy groups -OCH3 is 2. The lowest BCUT2D eigenvalue weighted by molar-refractivity contribution is -0.142. The van der Waals surface area contributed by atoms with Crippen LogP contribution in [0.4, 0.5) is 13.2 Å². The van der Waals surface area contributed by atoms with Gasteiger partial charge in [-0.25, -0.2) is 9.97 Å². The van der Waals surface area contributed by atoms with Gasteiger partial charge in [-0.2, -0.15) is 13.2 Å². The van der Waals surface area contributed by atoms with E-state index in [-0.39, 0.29) is 28.8 Å². The number of amides is 1. The van der Waals surface area contributed by atoms with Gasteiger partial charge in [-0.15, -0.1) is 0 Å². The highest BCUT2D eigenvalue weighted by molar-refractivity contribution is 7.99. The van der Waals surface area contributed by atoms with Crippen LogP contribution < -0.4 is 14.8 Å². The number of benzene rings is 2. The van der Waals surface area contributed by atoms with Gasteiger partial charge in [-0.05, 0) is 42.5 Å². The molecule has 0 fully saturated rings. The van der Waals surface area contributed by atoms with E-state index in [0.29, 0.717) is 42.1 Å². The van der Waals surface area contributed by atoms with Gasteiger partial charge in [0.25, 0.3) is 0 Å². The third-order valence-corrected chi connectivity index (χ3v) is 6.54. The normalized spacial score (nSPS) is 12.5. The molecule has 4 rings (SSSR count). The van der Waals surface area contributed by atoms with Gasteiger partial charge in [-0.3, -0.25) is 4.79 Å². The van der Waals surface area contributed by atoms with E-state index in [1.54, 1.807) is 32.4 Å². The van der Waals surface area contributed by atoms with Crippen molar-refractivity contribution in [2.24, 2.45) is 0 Å². The quantitative estimate of drug-likeness (QED) is 0.354. The van der Waals surface area contributed by atoms with Crippen LogP contribution in [0.2, 0.25) is 0 Å². The molecule has 1 amide bonds. The van der Waals surface area contributed by atoms with Gasteiger partial charge < -0.3 is 14.8 Å². The third kappa shape index (κ3) is 5.70. The number of alkyl halides is 3. The summed E-state index contributed by atoms with van der Waals surface area (Å²) in [6.07, 6.45) is -3.31. The van der Waals surface area contributed by atoms with E-state index in [0.717, 1.165) is 22.9 Å². The number of aryl methyl sites for hydroxylation is 1. The van der Waals surface area contributed by atoms with Crippen LogP contribution in [-0.4, -0.2) is 42.4 Å². The molecule has 6 nitrogen and oxygen atoms in total. The zero-order valence-corrected chi connectivity index (χ0v) is 20.1. The van der Waals surface area contributed by atoms with E-state index >= 15 is 0 Å². The average Bonchev–Trinajstić information content (AvgIpc) is 2.86. The van der Waals surface area contributed by atoms with Gasteiger partial charge >= 0.3 is 6.18 Å². The molecule has 1 aliphatic rings. The summed E-state index contributed by atoms with van der Waals surface area (Å²) in [7, 11) is 3.10. The maximum Gasteiger partial charge on any atom is 0.433 e. The van der Waals surface area contributed by atoms with Crippen LogP contribution in [0.25, 0.3) is 11.3 Å². The van der Waals surface area contributed by atoms with Crippen LogP contribution in [0, 0.1) is 0 Å². The second-order valence-corrected chi connectivity index (χ2v) is 8.86. The molecule has 0 spiro atoms. The maximum absolute atomic E-state index is 13.8. The zero-order chi connectivity index (χ0) is 25.0. The largest absolute Gasteiger partial charge is 0.493 e. The van der Waals surface area contributed by atoms with Crippen molar-refractivity contribution in [1.29, 1.82) is 0 Å². The van der Waals surface area contributed by atoms with Crippen molar-refractivity contribution >= 4 is 17.7 Å². The first-order valence-corrected chi connectivity index (χ1v) is 12.0. The van der Waals surface area contributed by atoms with E-state index in [1.165, 1.54) is 0 Å². The van der Waals surface area contributed by atoms with Gasteiger partial charge in [0.15, 0.2) is 22.3 Å². The molecule has 0 bridgehead atoms. The van der Waals surface area contributed by atoms with Crippen LogP contribution in [0.3, 0.4) is 0 Å². The minimum Gasteiger partial charge on any atom is -0.493 e. The summed E-state index contributed by atoms with van der Waals surface area (Å²) in [6.45, 7) is 0.362. The molecule has 0 saturated carbocycles. The Hall–Kier alpha value is -3.27. The van der Waals surface area contributed by atoms with E-state index < -0.39 is 11.9 Å². The van der Waals surface area contributed by atoms with Crippen LogP contribution in [0.1, 0.15) is 22.4 Å². The molecule has 1 N–H and O–H groups in total. The molecule has 0 aliphatic heterocycles. The Bertz CT molecular complexity index is 1230. The van der Waals surface area contributed by atoms with E-state index in [2.05, 4.69) is 15.3 Å². The second kappa shape index (κ2) is 10.6. The highest BCUT2D eigenvalue weighted by Gasteiger charge is 2.38. The number of thioether (sulfide) groups is 1. The minimum absolute atomic E-state index is 0.0668. The Kier molecular flexibility index (Phi) is 7.49. The molecule has 0 saturated heterocycles. The lowest BCUT2D eigenvalue weighted by Crippen LogP contribution is -2.27. The molecule has 3 aromatic rings. The Labute approximate surface area is 205 Å². The van der Waals surface area contributed by atoms with Gasteiger partial charge in [0.1, 0.15) is 0 Å². The maximum atomic E-state index is 13.8. The topological polar surface area (TPSA) is 73.3 Å². The molecule has 2 aromatic carbocycles.